The van der Waals surface area contributed by atoms with Crippen molar-refractivity contribution in [3.8, 4) is 5.75 Å². The summed E-state index contributed by atoms with van der Waals surface area (Å²) < 4.78 is 17.4. The molecular formula is C19H28N3O3P. The second-order valence-electron chi connectivity index (χ2n) is 7.51. The molecule has 1 N–H and O–H groups in total. The van der Waals surface area contributed by atoms with Crippen LogP contribution in [0.25, 0.3) is 10.9 Å². The second kappa shape index (κ2) is 7.93. The van der Waals surface area contributed by atoms with E-state index in [1.807, 2.05) is 32.0 Å². The maximum Gasteiger partial charge on any atom is 0.197 e. The van der Waals surface area contributed by atoms with Crippen LogP contribution in [-0.4, -0.2) is 46.9 Å². The van der Waals surface area contributed by atoms with E-state index in [2.05, 4.69) is 14.9 Å². The minimum absolute atomic E-state index is 0.0934. The first-order valence-electron chi connectivity index (χ1n) is 9.28. The molecule has 1 saturated heterocycles. The highest BCUT2D eigenvalue weighted by atomic mass is 31.2. The van der Waals surface area contributed by atoms with Gasteiger partial charge in [0, 0.05) is 31.3 Å². The lowest BCUT2D eigenvalue weighted by Gasteiger charge is -2.33. The Morgan fingerprint density at radius 3 is 2.69 bits per heavy atom. The molecule has 0 bridgehead atoms. The molecular weight excluding hydrogens is 349 g/mol. The zero-order chi connectivity index (χ0) is 18.7. The lowest BCUT2D eigenvalue weighted by atomic mass is 9.94. The molecule has 0 amide bonds. The number of piperidine rings is 1. The van der Waals surface area contributed by atoms with E-state index < -0.39 is 7.37 Å². The van der Waals surface area contributed by atoms with Crippen molar-refractivity contribution in [1.82, 2.24) is 9.97 Å². The first kappa shape index (κ1) is 19.1. The number of fused-ring (bicyclic) bond motifs is 1. The third kappa shape index (κ3) is 4.74. The summed E-state index contributed by atoms with van der Waals surface area (Å²) in [5.41, 5.74) is 0.848. The van der Waals surface area contributed by atoms with Gasteiger partial charge in [0.05, 0.1) is 6.10 Å². The van der Waals surface area contributed by atoms with Crippen LogP contribution in [0, 0.1) is 5.92 Å². The van der Waals surface area contributed by atoms with Gasteiger partial charge in [-0.25, -0.2) is 9.97 Å². The number of anilines is 1. The van der Waals surface area contributed by atoms with Crippen LogP contribution in [0.4, 0.5) is 5.82 Å². The number of benzene rings is 1. The molecule has 26 heavy (non-hydrogen) atoms. The van der Waals surface area contributed by atoms with Gasteiger partial charge in [-0.05, 0) is 51.2 Å². The van der Waals surface area contributed by atoms with E-state index in [4.69, 9.17) is 4.74 Å². The molecule has 2 aromatic rings. The third-order valence-corrected chi connectivity index (χ3v) is 5.92. The molecule has 1 aromatic heterocycles. The van der Waals surface area contributed by atoms with Crippen molar-refractivity contribution in [3.05, 3.63) is 24.5 Å². The van der Waals surface area contributed by atoms with Gasteiger partial charge in [0.15, 0.2) is 7.37 Å². The number of aromatic nitrogens is 2. The molecule has 1 unspecified atom stereocenters. The molecule has 1 atom stereocenters. The average molecular weight is 377 g/mol. The quantitative estimate of drug-likeness (QED) is 0.769. The molecule has 6 nitrogen and oxygen atoms in total. The molecule has 3 rings (SSSR count). The second-order valence-corrected chi connectivity index (χ2v) is 10.1. The normalized spacial score (nSPS) is 18.3. The van der Waals surface area contributed by atoms with Crippen molar-refractivity contribution in [2.75, 3.05) is 30.8 Å². The molecule has 0 spiro atoms. The molecule has 1 aliphatic rings. The molecule has 142 valence electrons. The van der Waals surface area contributed by atoms with Crippen molar-refractivity contribution in [2.24, 2.45) is 5.92 Å². The van der Waals surface area contributed by atoms with Gasteiger partial charge in [0.25, 0.3) is 0 Å². The largest absolute Gasteiger partial charge is 0.489 e. The van der Waals surface area contributed by atoms with E-state index in [1.54, 1.807) is 6.33 Å². The van der Waals surface area contributed by atoms with E-state index >= 15 is 0 Å². The Morgan fingerprint density at radius 1 is 1.31 bits per heavy atom. The van der Waals surface area contributed by atoms with Crippen molar-refractivity contribution < 1.29 is 14.2 Å². The fourth-order valence-corrected chi connectivity index (χ4v) is 4.35. The van der Waals surface area contributed by atoms with E-state index in [0.717, 1.165) is 54.8 Å². The van der Waals surface area contributed by atoms with Crippen LogP contribution in [-0.2, 0) is 4.57 Å². The summed E-state index contributed by atoms with van der Waals surface area (Å²) in [4.78, 5) is 20.8. The standard InChI is InChI=1S/C19H28N3O3P/c1-14(2)25-17-6-4-5-16-18(17)20-13-21-19(16)22-10-7-15(8-11-22)9-12-26(3,23)24/h4-6,13-15H,7-12H2,1-3H3,(H,23,24). The number of rotatable bonds is 6. The Bertz CT molecular complexity index is 798. The fourth-order valence-electron chi connectivity index (χ4n) is 3.50. The number of para-hydroxylation sites is 1. The Labute approximate surface area is 155 Å². The summed E-state index contributed by atoms with van der Waals surface area (Å²) in [6.45, 7) is 7.28. The van der Waals surface area contributed by atoms with Gasteiger partial charge in [-0.2, -0.15) is 0 Å². The maximum atomic E-state index is 11.5. The first-order chi connectivity index (χ1) is 12.3. The van der Waals surface area contributed by atoms with Gasteiger partial charge < -0.3 is 14.5 Å². The zero-order valence-corrected chi connectivity index (χ0v) is 16.7. The molecule has 0 radical (unpaired) electrons. The predicted molar refractivity (Wildman–Crippen MR) is 105 cm³/mol. The maximum absolute atomic E-state index is 11.5. The average Bonchev–Trinajstić information content (AvgIpc) is 2.59. The molecule has 0 aliphatic carbocycles. The van der Waals surface area contributed by atoms with Crippen molar-refractivity contribution >= 4 is 24.1 Å². The number of nitrogens with zero attached hydrogens (tertiary/aromatic N) is 3. The summed E-state index contributed by atoms with van der Waals surface area (Å²) in [6, 6.07) is 5.98. The Kier molecular flexibility index (Phi) is 5.83. The smallest absolute Gasteiger partial charge is 0.197 e. The van der Waals surface area contributed by atoms with Gasteiger partial charge in [-0.3, -0.25) is 4.57 Å². The summed E-state index contributed by atoms with van der Waals surface area (Å²) >= 11 is 0. The summed E-state index contributed by atoms with van der Waals surface area (Å²) in [5.74, 6) is 2.25. The highest BCUT2D eigenvalue weighted by Crippen LogP contribution is 2.39. The Morgan fingerprint density at radius 2 is 2.04 bits per heavy atom. The summed E-state index contributed by atoms with van der Waals surface area (Å²) in [7, 11) is -2.90. The van der Waals surface area contributed by atoms with Gasteiger partial charge in [0.1, 0.15) is 23.4 Å². The number of ether oxygens (including phenoxy) is 1. The van der Waals surface area contributed by atoms with Crippen LogP contribution in [0.15, 0.2) is 24.5 Å². The lowest BCUT2D eigenvalue weighted by Crippen LogP contribution is -2.34. The topological polar surface area (TPSA) is 75.5 Å². The van der Waals surface area contributed by atoms with Gasteiger partial charge in [-0.15, -0.1) is 0 Å². The summed E-state index contributed by atoms with van der Waals surface area (Å²) in [6.07, 6.45) is 4.99. The number of hydrogen-bond acceptors (Lipinski definition) is 5. The van der Waals surface area contributed by atoms with E-state index in [9.17, 15) is 9.46 Å². The third-order valence-electron chi connectivity index (χ3n) is 4.84. The zero-order valence-electron chi connectivity index (χ0n) is 15.8. The highest BCUT2D eigenvalue weighted by Gasteiger charge is 2.24. The van der Waals surface area contributed by atoms with Crippen LogP contribution < -0.4 is 9.64 Å². The van der Waals surface area contributed by atoms with Crippen molar-refractivity contribution in [1.29, 1.82) is 0 Å². The molecule has 1 aliphatic heterocycles. The minimum atomic E-state index is -2.90. The first-order valence-corrected chi connectivity index (χ1v) is 11.6. The van der Waals surface area contributed by atoms with Crippen molar-refractivity contribution in [3.63, 3.8) is 0 Å². The molecule has 1 fully saturated rings. The van der Waals surface area contributed by atoms with Crippen LogP contribution >= 0.6 is 7.37 Å². The van der Waals surface area contributed by atoms with Crippen LogP contribution in [0.2, 0.25) is 0 Å². The van der Waals surface area contributed by atoms with E-state index in [1.165, 1.54) is 6.66 Å². The summed E-state index contributed by atoms with van der Waals surface area (Å²) in [5, 5.41) is 1.01. The van der Waals surface area contributed by atoms with E-state index in [-0.39, 0.29) is 6.10 Å². The molecule has 2 heterocycles. The van der Waals surface area contributed by atoms with Crippen molar-refractivity contribution in [2.45, 2.75) is 39.2 Å². The van der Waals surface area contributed by atoms with Gasteiger partial charge >= 0.3 is 0 Å². The van der Waals surface area contributed by atoms with Gasteiger partial charge in [0.2, 0.25) is 0 Å². The SMILES string of the molecule is CC(C)Oc1cccc2c(N3CCC(CCP(C)(=O)O)CC3)ncnc12. The lowest BCUT2D eigenvalue weighted by molar-refractivity contribution is 0.245. The monoisotopic (exact) mass is 377 g/mol. The van der Waals surface area contributed by atoms with Crippen LogP contribution in [0.3, 0.4) is 0 Å². The minimum Gasteiger partial charge on any atom is -0.489 e. The molecule has 0 saturated carbocycles. The predicted octanol–water partition coefficient (Wildman–Crippen LogP) is 3.92. The van der Waals surface area contributed by atoms with Crippen LogP contribution in [0.1, 0.15) is 33.1 Å². The highest BCUT2D eigenvalue weighted by molar-refractivity contribution is 7.57. The van der Waals surface area contributed by atoms with Crippen LogP contribution in [0.5, 0.6) is 5.75 Å². The van der Waals surface area contributed by atoms with E-state index in [0.29, 0.717) is 12.1 Å². The van der Waals surface area contributed by atoms with Gasteiger partial charge in [-0.1, -0.05) is 6.07 Å². The number of hydrogen-bond donors (Lipinski definition) is 1. The molecule has 7 heteroatoms. The Hall–Kier alpha value is -1.65. The molecule has 1 aromatic carbocycles. The Balaban J connectivity index is 1.74. The fraction of sp³-hybridized carbons (Fsp3) is 0.579.